The third kappa shape index (κ3) is 3.64. The van der Waals surface area contributed by atoms with Crippen LogP contribution in [0, 0.1) is 6.92 Å². The molecular weight excluding hydrogens is 258 g/mol. The quantitative estimate of drug-likeness (QED) is 0.850. The number of thiazole rings is 1. The SMILES string of the molecule is CCNc1cc(NCc2scnc2C)nc(CC)n1. The molecule has 0 radical (unpaired) electrons. The van der Waals surface area contributed by atoms with Gasteiger partial charge in [0.05, 0.1) is 17.7 Å². The molecule has 2 rings (SSSR count). The normalized spacial score (nSPS) is 10.5. The molecule has 102 valence electrons. The molecule has 0 aliphatic carbocycles. The van der Waals surface area contributed by atoms with Gasteiger partial charge in [0.2, 0.25) is 0 Å². The van der Waals surface area contributed by atoms with Crippen molar-refractivity contribution in [1.29, 1.82) is 0 Å². The fraction of sp³-hybridized carbons (Fsp3) is 0.462. The van der Waals surface area contributed by atoms with Gasteiger partial charge >= 0.3 is 0 Å². The van der Waals surface area contributed by atoms with Crippen LogP contribution in [0.2, 0.25) is 0 Å². The summed E-state index contributed by atoms with van der Waals surface area (Å²) in [5, 5.41) is 6.57. The highest BCUT2D eigenvalue weighted by Crippen LogP contribution is 2.16. The predicted octanol–water partition coefficient (Wildman–Crippen LogP) is 2.85. The van der Waals surface area contributed by atoms with Crippen molar-refractivity contribution in [2.24, 2.45) is 0 Å². The zero-order valence-electron chi connectivity index (χ0n) is 11.5. The Morgan fingerprint density at radius 2 is 1.89 bits per heavy atom. The number of rotatable bonds is 6. The number of anilines is 2. The van der Waals surface area contributed by atoms with E-state index in [4.69, 9.17) is 0 Å². The molecule has 0 unspecified atom stereocenters. The maximum Gasteiger partial charge on any atom is 0.132 e. The van der Waals surface area contributed by atoms with Gasteiger partial charge in [0.25, 0.3) is 0 Å². The molecule has 19 heavy (non-hydrogen) atoms. The van der Waals surface area contributed by atoms with E-state index in [1.54, 1.807) is 11.3 Å². The van der Waals surface area contributed by atoms with E-state index in [-0.39, 0.29) is 0 Å². The molecule has 2 heterocycles. The molecule has 2 aromatic heterocycles. The van der Waals surface area contributed by atoms with Crippen molar-refractivity contribution in [3.05, 3.63) is 28.0 Å². The standard InChI is InChI=1S/C13H19N5S/c1-4-11-17-12(14-5-2)6-13(18-11)15-7-10-9(3)16-8-19-10/h6,8H,4-5,7H2,1-3H3,(H2,14,15,17,18). The van der Waals surface area contributed by atoms with Gasteiger partial charge in [-0.25, -0.2) is 15.0 Å². The summed E-state index contributed by atoms with van der Waals surface area (Å²) in [6, 6.07) is 1.94. The molecule has 0 spiro atoms. The Balaban J connectivity index is 2.10. The topological polar surface area (TPSA) is 62.7 Å². The van der Waals surface area contributed by atoms with E-state index in [1.807, 2.05) is 18.5 Å². The van der Waals surface area contributed by atoms with Gasteiger partial charge in [-0.3, -0.25) is 0 Å². The molecule has 0 bridgehead atoms. The Labute approximate surface area is 117 Å². The van der Waals surface area contributed by atoms with Crippen LogP contribution in [0.1, 0.15) is 30.2 Å². The lowest BCUT2D eigenvalue weighted by Gasteiger charge is -2.09. The van der Waals surface area contributed by atoms with Crippen LogP contribution in [0.15, 0.2) is 11.6 Å². The van der Waals surface area contributed by atoms with Crippen LogP contribution in [0.3, 0.4) is 0 Å². The highest BCUT2D eigenvalue weighted by molar-refractivity contribution is 7.09. The van der Waals surface area contributed by atoms with E-state index >= 15 is 0 Å². The fourth-order valence-electron chi connectivity index (χ4n) is 1.68. The van der Waals surface area contributed by atoms with E-state index in [9.17, 15) is 0 Å². The van der Waals surface area contributed by atoms with Crippen molar-refractivity contribution in [1.82, 2.24) is 15.0 Å². The van der Waals surface area contributed by atoms with Gasteiger partial charge in [0, 0.05) is 23.9 Å². The first kappa shape index (κ1) is 13.7. The summed E-state index contributed by atoms with van der Waals surface area (Å²) in [4.78, 5) is 14.4. The zero-order valence-corrected chi connectivity index (χ0v) is 12.3. The lowest BCUT2D eigenvalue weighted by atomic mass is 10.3. The Hall–Kier alpha value is -1.69. The minimum atomic E-state index is 0.752. The van der Waals surface area contributed by atoms with Crippen molar-refractivity contribution in [2.45, 2.75) is 33.7 Å². The van der Waals surface area contributed by atoms with Gasteiger partial charge < -0.3 is 10.6 Å². The number of hydrogen-bond donors (Lipinski definition) is 2. The summed E-state index contributed by atoms with van der Waals surface area (Å²) >= 11 is 1.66. The molecular formula is C13H19N5S. The van der Waals surface area contributed by atoms with Gasteiger partial charge in [-0.15, -0.1) is 11.3 Å². The number of nitrogens with zero attached hydrogens (tertiary/aromatic N) is 3. The summed E-state index contributed by atoms with van der Waals surface area (Å²) in [6.45, 7) is 7.74. The average molecular weight is 277 g/mol. The maximum absolute atomic E-state index is 4.49. The van der Waals surface area contributed by atoms with Gasteiger partial charge in [-0.05, 0) is 13.8 Å². The van der Waals surface area contributed by atoms with Crippen molar-refractivity contribution >= 4 is 23.0 Å². The second kappa shape index (κ2) is 6.47. The monoisotopic (exact) mass is 277 g/mol. The molecule has 2 N–H and O–H groups in total. The van der Waals surface area contributed by atoms with E-state index in [0.717, 1.165) is 42.7 Å². The summed E-state index contributed by atoms with van der Waals surface area (Å²) < 4.78 is 0. The molecule has 2 aromatic rings. The molecule has 0 atom stereocenters. The third-order valence-electron chi connectivity index (χ3n) is 2.72. The molecule has 5 nitrogen and oxygen atoms in total. The Bertz CT molecular complexity index is 538. The van der Waals surface area contributed by atoms with E-state index in [1.165, 1.54) is 4.88 Å². The minimum Gasteiger partial charge on any atom is -0.370 e. The van der Waals surface area contributed by atoms with Crippen molar-refractivity contribution in [3.63, 3.8) is 0 Å². The van der Waals surface area contributed by atoms with Crippen LogP contribution >= 0.6 is 11.3 Å². The highest BCUT2D eigenvalue weighted by Gasteiger charge is 2.05. The first-order valence-corrected chi connectivity index (χ1v) is 7.35. The van der Waals surface area contributed by atoms with Crippen LogP contribution in [-0.2, 0) is 13.0 Å². The first-order chi connectivity index (χ1) is 9.22. The number of hydrogen-bond acceptors (Lipinski definition) is 6. The van der Waals surface area contributed by atoms with Gasteiger partial charge in [0.1, 0.15) is 17.5 Å². The molecule has 6 heteroatoms. The second-order valence-electron chi connectivity index (χ2n) is 4.15. The summed E-state index contributed by atoms with van der Waals surface area (Å²) in [5.41, 5.74) is 2.95. The summed E-state index contributed by atoms with van der Waals surface area (Å²) in [6.07, 6.45) is 0.827. The van der Waals surface area contributed by atoms with E-state index < -0.39 is 0 Å². The Kier molecular flexibility index (Phi) is 4.68. The predicted molar refractivity (Wildman–Crippen MR) is 79.8 cm³/mol. The zero-order chi connectivity index (χ0) is 13.7. The molecule has 0 fully saturated rings. The molecule has 0 aliphatic rings. The number of aryl methyl sites for hydroxylation is 2. The highest BCUT2D eigenvalue weighted by atomic mass is 32.1. The van der Waals surface area contributed by atoms with Crippen LogP contribution in [-0.4, -0.2) is 21.5 Å². The molecule has 0 aliphatic heterocycles. The minimum absolute atomic E-state index is 0.752. The largest absolute Gasteiger partial charge is 0.370 e. The van der Waals surface area contributed by atoms with E-state index in [2.05, 4.69) is 39.4 Å². The van der Waals surface area contributed by atoms with Crippen molar-refractivity contribution in [2.75, 3.05) is 17.2 Å². The molecule has 0 saturated heterocycles. The lowest BCUT2D eigenvalue weighted by molar-refractivity contribution is 0.930. The fourth-order valence-corrected chi connectivity index (χ4v) is 2.40. The van der Waals surface area contributed by atoms with Gasteiger partial charge in [-0.1, -0.05) is 6.92 Å². The second-order valence-corrected chi connectivity index (χ2v) is 5.09. The van der Waals surface area contributed by atoms with Gasteiger partial charge in [0.15, 0.2) is 0 Å². The molecule has 0 aromatic carbocycles. The number of aromatic nitrogens is 3. The van der Waals surface area contributed by atoms with E-state index in [0.29, 0.717) is 0 Å². The summed E-state index contributed by atoms with van der Waals surface area (Å²) in [7, 11) is 0. The van der Waals surface area contributed by atoms with Gasteiger partial charge in [-0.2, -0.15) is 0 Å². The van der Waals surface area contributed by atoms with Crippen molar-refractivity contribution in [3.8, 4) is 0 Å². The van der Waals surface area contributed by atoms with Crippen LogP contribution in [0.5, 0.6) is 0 Å². The Morgan fingerprint density at radius 1 is 1.16 bits per heavy atom. The Morgan fingerprint density at radius 3 is 2.47 bits per heavy atom. The molecule has 0 amide bonds. The molecule has 0 saturated carbocycles. The van der Waals surface area contributed by atoms with Crippen LogP contribution < -0.4 is 10.6 Å². The van der Waals surface area contributed by atoms with Crippen molar-refractivity contribution < 1.29 is 0 Å². The summed E-state index contributed by atoms with van der Waals surface area (Å²) in [5.74, 6) is 2.58. The van der Waals surface area contributed by atoms with Crippen LogP contribution in [0.25, 0.3) is 0 Å². The average Bonchev–Trinajstić information content (AvgIpc) is 2.82. The lowest BCUT2D eigenvalue weighted by Crippen LogP contribution is -2.07. The maximum atomic E-state index is 4.49. The smallest absolute Gasteiger partial charge is 0.132 e. The third-order valence-corrected chi connectivity index (χ3v) is 3.66. The first-order valence-electron chi connectivity index (χ1n) is 6.47. The number of nitrogens with one attached hydrogen (secondary N) is 2. The van der Waals surface area contributed by atoms with Crippen LogP contribution in [0.4, 0.5) is 11.6 Å².